The fourth-order valence-corrected chi connectivity index (χ4v) is 4.95. The van der Waals surface area contributed by atoms with Gasteiger partial charge in [0.1, 0.15) is 18.5 Å². The number of ketones is 1. The van der Waals surface area contributed by atoms with Crippen molar-refractivity contribution in [1.82, 2.24) is 16.0 Å². The number of aliphatic hydroxyl groups is 1. The maximum Gasteiger partial charge on any atom is 0.313 e. The Morgan fingerprint density at radius 3 is 2.35 bits per heavy atom. The van der Waals surface area contributed by atoms with E-state index in [1.165, 1.54) is 18.2 Å². The molecule has 4 amide bonds. The van der Waals surface area contributed by atoms with Crippen LogP contribution in [0.25, 0.3) is 0 Å². The number of Topliss-reactive ketones (excluding diaryl/α,β-unsaturated/α-hetero) is 1. The smallest absolute Gasteiger partial charge is 0.313 e. The van der Waals surface area contributed by atoms with Crippen LogP contribution in [0.4, 0.5) is 10.1 Å². The van der Waals surface area contributed by atoms with Gasteiger partial charge in [0.2, 0.25) is 11.8 Å². The molecule has 1 aliphatic carbocycles. The molecule has 202 valence electrons. The molecular weight excluding hydrogens is 483 g/mol. The van der Waals surface area contributed by atoms with Gasteiger partial charge in [0.15, 0.2) is 5.78 Å². The number of carbonyl (C=O) groups excluding carboxylic acids is 5. The van der Waals surface area contributed by atoms with Crippen molar-refractivity contribution in [3.63, 3.8) is 0 Å². The highest BCUT2D eigenvalue weighted by Gasteiger charge is 2.33. The SMILES string of the molecule is O=C(Nc1ccccc1F)C(=O)N[C@@H](CC1CCCCC1)C(=O)N[C@H](C[C@@H]1CCCNC1=O)C(=O)CO. The second-order valence-electron chi connectivity index (χ2n) is 9.75. The molecular formula is C26H35FN4O6. The molecule has 1 saturated carbocycles. The largest absolute Gasteiger partial charge is 0.389 e. The molecule has 37 heavy (non-hydrogen) atoms. The summed E-state index contributed by atoms with van der Waals surface area (Å²) in [5, 5.41) is 19.4. The van der Waals surface area contributed by atoms with Gasteiger partial charge in [-0.05, 0) is 43.7 Å². The third kappa shape index (κ3) is 8.34. The van der Waals surface area contributed by atoms with Crippen molar-refractivity contribution >= 4 is 35.1 Å². The number of hydrogen-bond donors (Lipinski definition) is 5. The van der Waals surface area contributed by atoms with Gasteiger partial charge in [-0.2, -0.15) is 0 Å². The fourth-order valence-electron chi connectivity index (χ4n) is 4.95. The van der Waals surface area contributed by atoms with E-state index in [4.69, 9.17) is 0 Å². The van der Waals surface area contributed by atoms with Crippen LogP contribution in [0.15, 0.2) is 24.3 Å². The van der Waals surface area contributed by atoms with E-state index in [1.54, 1.807) is 0 Å². The molecule has 0 radical (unpaired) electrons. The van der Waals surface area contributed by atoms with Crippen molar-refractivity contribution in [2.45, 2.75) is 69.9 Å². The van der Waals surface area contributed by atoms with Gasteiger partial charge >= 0.3 is 11.8 Å². The average molecular weight is 519 g/mol. The number of nitrogens with one attached hydrogen (secondary N) is 4. The van der Waals surface area contributed by atoms with Gasteiger partial charge in [-0.3, -0.25) is 24.0 Å². The predicted octanol–water partition coefficient (Wildman–Crippen LogP) is 1.18. The molecule has 1 heterocycles. The number of carbonyl (C=O) groups is 5. The number of para-hydroxylation sites is 1. The number of amides is 4. The van der Waals surface area contributed by atoms with E-state index in [9.17, 15) is 33.5 Å². The normalized spacial score (nSPS) is 19.7. The van der Waals surface area contributed by atoms with Crippen LogP contribution in [0.2, 0.25) is 0 Å². The van der Waals surface area contributed by atoms with Crippen LogP contribution in [-0.2, 0) is 24.0 Å². The van der Waals surface area contributed by atoms with Gasteiger partial charge in [0.25, 0.3) is 0 Å². The van der Waals surface area contributed by atoms with Crippen LogP contribution in [0, 0.1) is 17.7 Å². The minimum absolute atomic E-state index is 0.0227. The molecule has 0 aromatic heterocycles. The Bertz CT molecular complexity index is 997. The van der Waals surface area contributed by atoms with E-state index >= 15 is 0 Å². The summed E-state index contributed by atoms with van der Waals surface area (Å²) in [6, 6.07) is 3.13. The first-order valence-corrected chi connectivity index (χ1v) is 12.9. The molecule has 11 heteroatoms. The highest BCUT2D eigenvalue weighted by molar-refractivity contribution is 6.40. The zero-order valence-corrected chi connectivity index (χ0v) is 20.8. The van der Waals surface area contributed by atoms with E-state index in [-0.39, 0.29) is 30.4 Å². The molecule has 3 atom stereocenters. The van der Waals surface area contributed by atoms with Gasteiger partial charge in [-0.15, -0.1) is 0 Å². The van der Waals surface area contributed by atoms with Gasteiger partial charge in [0, 0.05) is 12.5 Å². The molecule has 0 bridgehead atoms. The lowest BCUT2D eigenvalue weighted by Gasteiger charge is -2.29. The Morgan fingerprint density at radius 1 is 0.946 bits per heavy atom. The molecule has 2 fully saturated rings. The lowest BCUT2D eigenvalue weighted by molar-refractivity contribution is -0.139. The lowest BCUT2D eigenvalue weighted by Crippen LogP contribution is -2.55. The number of piperidine rings is 1. The highest BCUT2D eigenvalue weighted by atomic mass is 19.1. The number of aliphatic hydroxyl groups excluding tert-OH is 1. The molecule has 2 aliphatic rings. The molecule has 1 saturated heterocycles. The zero-order chi connectivity index (χ0) is 26.8. The second-order valence-corrected chi connectivity index (χ2v) is 9.75. The minimum atomic E-state index is -1.13. The van der Waals surface area contributed by atoms with Crippen LogP contribution in [0.3, 0.4) is 0 Å². The summed E-state index contributed by atoms with van der Waals surface area (Å²) in [5.41, 5.74) is -0.171. The van der Waals surface area contributed by atoms with Crippen molar-refractivity contribution < 1.29 is 33.5 Å². The summed E-state index contributed by atoms with van der Waals surface area (Å²) >= 11 is 0. The van der Waals surface area contributed by atoms with Crippen molar-refractivity contribution in [2.24, 2.45) is 11.8 Å². The van der Waals surface area contributed by atoms with E-state index < -0.39 is 53.9 Å². The van der Waals surface area contributed by atoms with E-state index in [0.29, 0.717) is 13.0 Å². The lowest BCUT2D eigenvalue weighted by atomic mass is 9.84. The second kappa shape index (κ2) is 13.8. The van der Waals surface area contributed by atoms with Gasteiger partial charge in [0.05, 0.1) is 11.7 Å². The van der Waals surface area contributed by atoms with Crippen molar-refractivity contribution in [1.29, 1.82) is 0 Å². The van der Waals surface area contributed by atoms with Crippen molar-refractivity contribution in [3.8, 4) is 0 Å². The summed E-state index contributed by atoms with van der Waals surface area (Å²) in [4.78, 5) is 63.0. The van der Waals surface area contributed by atoms with Crippen LogP contribution in [0.1, 0.15) is 57.8 Å². The number of anilines is 1. The molecule has 5 N–H and O–H groups in total. The van der Waals surface area contributed by atoms with Crippen LogP contribution >= 0.6 is 0 Å². The van der Waals surface area contributed by atoms with Crippen molar-refractivity contribution in [3.05, 3.63) is 30.1 Å². The highest BCUT2D eigenvalue weighted by Crippen LogP contribution is 2.27. The summed E-state index contributed by atoms with van der Waals surface area (Å²) < 4.78 is 13.9. The third-order valence-electron chi connectivity index (χ3n) is 7.02. The first kappa shape index (κ1) is 28.2. The molecule has 1 aromatic carbocycles. The third-order valence-corrected chi connectivity index (χ3v) is 7.02. The maximum atomic E-state index is 13.9. The van der Waals surface area contributed by atoms with Crippen molar-refractivity contribution in [2.75, 3.05) is 18.5 Å². The average Bonchev–Trinajstić information content (AvgIpc) is 2.90. The number of benzene rings is 1. The van der Waals surface area contributed by atoms with E-state index in [1.807, 2.05) is 0 Å². The Labute approximate surface area is 215 Å². The summed E-state index contributed by atoms with van der Waals surface area (Å²) in [6.45, 7) is -0.269. The van der Waals surface area contributed by atoms with Crippen LogP contribution in [-0.4, -0.2) is 59.8 Å². The van der Waals surface area contributed by atoms with Crippen LogP contribution < -0.4 is 21.3 Å². The first-order chi connectivity index (χ1) is 17.8. The predicted molar refractivity (Wildman–Crippen MR) is 133 cm³/mol. The first-order valence-electron chi connectivity index (χ1n) is 12.9. The molecule has 0 spiro atoms. The van der Waals surface area contributed by atoms with Gasteiger partial charge < -0.3 is 26.4 Å². The topological polar surface area (TPSA) is 154 Å². The summed E-state index contributed by atoms with van der Waals surface area (Å²) in [7, 11) is 0. The number of rotatable bonds is 10. The number of halogens is 1. The summed E-state index contributed by atoms with van der Waals surface area (Å²) in [6.07, 6.45) is 6.36. The monoisotopic (exact) mass is 518 g/mol. The molecule has 0 unspecified atom stereocenters. The quantitative estimate of drug-likeness (QED) is 0.293. The van der Waals surface area contributed by atoms with Gasteiger partial charge in [-0.25, -0.2) is 4.39 Å². The molecule has 10 nitrogen and oxygen atoms in total. The molecule has 3 rings (SSSR count). The number of hydrogen-bond acceptors (Lipinski definition) is 6. The standard InChI is InChI=1S/C26H35FN4O6/c27-18-10-4-5-11-19(18)29-25(36)26(37)31-21(13-16-7-2-1-3-8-16)24(35)30-20(22(33)15-32)14-17-9-6-12-28-23(17)34/h4-5,10-11,16-17,20-21,32H,1-3,6-9,12-15H2,(H,28,34)(H,29,36)(H,30,35)(H,31,37)/t17-,20+,21-/m0/s1. The van der Waals surface area contributed by atoms with Gasteiger partial charge in [-0.1, -0.05) is 44.2 Å². The van der Waals surface area contributed by atoms with E-state index in [0.717, 1.165) is 44.6 Å². The molecule has 1 aromatic rings. The van der Waals surface area contributed by atoms with E-state index in [2.05, 4.69) is 21.3 Å². The Hall–Kier alpha value is -3.34. The minimum Gasteiger partial charge on any atom is -0.389 e. The summed E-state index contributed by atoms with van der Waals surface area (Å²) in [5.74, 6) is -4.86. The Kier molecular flexibility index (Phi) is 10.6. The van der Waals surface area contributed by atoms with Crippen LogP contribution in [0.5, 0.6) is 0 Å². The Morgan fingerprint density at radius 2 is 1.68 bits per heavy atom. The zero-order valence-electron chi connectivity index (χ0n) is 20.8. The molecule has 1 aliphatic heterocycles. The Balaban J connectivity index is 1.71. The fraction of sp³-hybridized carbons (Fsp3) is 0.577. The maximum absolute atomic E-state index is 13.9.